The summed E-state index contributed by atoms with van der Waals surface area (Å²) in [4.78, 5) is 27.6. The zero-order chi connectivity index (χ0) is 23.8. The maximum atomic E-state index is 13.3. The molecule has 5 nitrogen and oxygen atoms in total. The van der Waals surface area contributed by atoms with Crippen molar-refractivity contribution in [1.82, 2.24) is 10.2 Å². The van der Waals surface area contributed by atoms with Gasteiger partial charge < -0.3 is 15.0 Å². The van der Waals surface area contributed by atoms with E-state index in [9.17, 15) is 9.59 Å². The van der Waals surface area contributed by atoms with Gasteiger partial charge >= 0.3 is 0 Å². The summed E-state index contributed by atoms with van der Waals surface area (Å²) in [5, 5.41) is 3.94. The largest absolute Gasteiger partial charge is 0.497 e. The topological polar surface area (TPSA) is 58.6 Å². The van der Waals surface area contributed by atoms with Gasteiger partial charge in [-0.15, -0.1) is 0 Å². The van der Waals surface area contributed by atoms with Crippen LogP contribution in [0.1, 0.15) is 23.6 Å². The van der Waals surface area contributed by atoms with Crippen LogP contribution in [0.15, 0.2) is 72.8 Å². The van der Waals surface area contributed by atoms with Crippen LogP contribution in [0.2, 0.25) is 10.0 Å². The van der Waals surface area contributed by atoms with Crippen molar-refractivity contribution in [1.29, 1.82) is 0 Å². The number of halogens is 2. The molecule has 0 bridgehead atoms. The summed E-state index contributed by atoms with van der Waals surface area (Å²) < 4.78 is 5.21. The molecular weight excluding hydrogens is 459 g/mol. The molecule has 7 heteroatoms. The van der Waals surface area contributed by atoms with E-state index in [0.29, 0.717) is 23.0 Å². The third kappa shape index (κ3) is 6.98. The van der Waals surface area contributed by atoms with Gasteiger partial charge in [-0.3, -0.25) is 9.59 Å². The van der Waals surface area contributed by atoms with Gasteiger partial charge in [0.1, 0.15) is 11.8 Å². The number of carbonyl (C=O) groups excluding carboxylic acids is 2. The lowest BCUT2D eigenvalue weighted by Gasteiger charge is -2.30. The van der Waals surface area contributed by atoms with Crippen LogP contribution in [-0.2, 0) is 29.1 Å². The van der Waals surface area contributed by atoms with Crippen LogP contribution >= 0.6 is 23.2 Å². The van der Waals surface area contributed by atoms with Crippen molar-refractivity contribution in [3.8, 4) is 5.75 Å². The molecule has 0 unspecified atom stereocenters. The number of carbonyl (C=O) groups is 2. The Labute approximate surface area is 204 Å². The fourth-order valence-corrected chi connectivity index (χ4v) is 3.99. The Morgan fingerprint density at radius 1 is 0.970 bits per heavy atom. The summed E-state index contributed by atoms with van der Waals surface area (Å²) in [5.74, 6) is 0.284. The fraction of sp³-hybridized carbons (Fsp3) is 0.231. The van der Waals surface area contributed by atoms with Gasteiger partial charge in [-0.2, -0.15) is 0 Å². The molecule has 0 aliphatic heterocycles. The summed E-state index contributed by atoms with van der Waals surface area (Å²) in [6, 6.07) is 21.5. The summed E-state index contributed by atoms with van der Waals surface area (Å²) in [7, 11) is 1.60. The number of hydrogen-bond acceptors (Lipinski definition) is 3. The minimum absolute atomic E-state index is 0.188. The molecule has 3 rings (SSSR count). The van der Waals surface area contributed by atoms with Crippen LogP contribution in [-0.4, -0.2) is 29.9 Å². The first-order chi connectivity index (χ1) is 15.9. The molecule has 0 aliphatic carbocycles. The molecule has 1 N–H and O–H groups in total. The number of hydrogen-bond donors (Lipinski definition) is 1. The SMILES string of the molecule is COc1ccc(CN(C(C)=O)[C@H](Cc2ccccc2)C(=O)NCc2ccc(Cl)cc2Cl)cc1. The number of benzene rings is 3. The maximum Gasteiger partial charge on any atom is 0.243 e. The van der Waals surface area contributed by atoms with Gasteiger partial charge in [0.15, 0.2) is 0 Å². The van der Waals surface area contributed by atoms with Gasteiger partial charge in [0, 0.05) is 36.5 Å². The van der Waals surface area contributed by atoms with Crippen LogP contribution in [0.25, 0.3) is 0 Å². The first-order valence-electron chi connectivity index (χ1n) is 10.5. The van der Waals surface area contributed by atoms with Crippen LogP contribution in [0.4, 0.5) is 0 Å². The standard InChI is InChI=1S/C26H26Cl2N2O3/c1-18(31)30(17-20-8-12-23(33-2)13-9-20)25(14-19-6-4-3-5-7-19)26(32)29-16-21-10-11-22(27)15-24(21)28/h3-13,15,25H,14,16-17H2,1-2H3,(H,29,32)/t25-/m1/s1. The van der Waals surface area contributed by atoms with E-state index in [1.807, 2.05) is 54.6 Å². The summed E-state index contributed by atoms with van der Waals surface area (Å²) in [6.07, 6.45) is 0.386. The van der Waals surface area contributed by atoms with Crippen LogP contribution < -0.4 is 10.1 Å². The minimum atomic E-state index is -0.696. The highest BCUT2D eigenvalue weighted by Gasteiger charge is 2.28. The average Bonchev–Trinajstić information content (AvgIpc) is 2.81. The molecule has 0 aromatic heterocycles. The van der Waals surface area contributed by atoms with E-state index in [1.165, 1.54) is 6.92 Å². The highest BCUT2D eigenvalue weighted by Crippen LogP contribution is 2.21. The molecule has 2 amide bonds. The molecule has 0 saturated heterocycles. The van der Waals surface area contributed by atoms with Crippen LogP contribution in [0, 0.1) is 0 Å². The molecule has 0 fully saturated rings. The fourth-order valence-electron chi connectivity index (χ4n) is 3.52. The van der Waals surface area contributed by atoms with E-state index in [-0.39, 0.29) is 18.4 Å². The summed E-state index contributed by atoms with van der Waals surface area (Å²) >= 11 is 12.2. The Morgan fingerprint density at radius 2 is 1.67 bits per heavy atom. The zero-order valence-corrected chi connectivity index (χ0v) is 20.1. The third-order valence-corrected chi connectivity index (χ3v) is 5.92. The molecule has 0 aliphatic rings. The second-order valence-corrected chi connectivity index (χ2v) is 8.50. The molecular formula is C26H26Cl2N2O3. The van der Waals surface area contributed by atoms with Crippen LogP contribution in [0.5, 0.6) is 5.75 Å². The Bertz CT molecular complexity index is 1090. The van der Waals surface area contributed by atoms with E-state index in [1.54, 1.807) is 30.2 Å². The molecule has 0 saturated carbocycles. The van der Waals surface area contributed by atoms with Crippen LogP contribution in [0.3, 0.4) is 0 Å². The highest BCUT2D eigenvalue weighted by atomic mass is 35.5. The Hall–Kier alpha value is -3.02. The number of ether oxygens (including phenoxy) is 1. The van der Waals surface area contributed by atoms with E-state index in [4.69, 9.17) is 27.9 Å². The highest BCUT2D eigenvalue weighted by molar-refractivity contribution is 6.35. The second kappa shape index (κ2) is 11.7. The molecule has 3 aromatic rings. The van der Waals surface area contributed by atoms with Crippen molar-refractivity contribution < 1.29 is 14.3 Å². The number of methoxy groups -OCH3 is 1. The van der Waals surface area contributed by atoms with Gasteiger partial charge in [0.25, 0.3) is 0 Å². The lowest BCUT2D eigenvalue weighted by atomic mass is 10.0. The number of amides is 2. The normalized spacial score (nSPS) is 11.5. The lowest BCUT2D eigenvalue weighted by Crippen LogP contribution is -2.49. The van der Waals surface area contributed by atoms with Crippen molar-refractivity contribution in [2.75, 3.05) is 7.11 Å². The zero-order valence-electron chi connectivity index (χ0n) is 18.6. The monoisotopic (exact) mass is 484 g/mol. The van der Waals surface area contributed by atoms with E-state index in [0.717, 1.165) is 22.4 Å². The van der Waals surface area contributed by atoms with Gasteiger partial charge in [-0.1, -0.05) is 71.7 Å². The van der Waals surface area contributed by atoms with Gasteiger partial charge in [-0.05, 0) is 41.0 Å². The van der Waals surface area contributed by atoms with Crippen molar-refractivity contribution in [2.45, 2.75) is 32.5 Å². The molecule has 0 heterocycles. The lowest BCUT2D eigenvalue weighted by molar-refractivity contribution is -0.139. The second-order valence-electron chi connectivity index (χ2n) is 7.65. The molecule has 1 atom stereocenters. The molecule has 33 heavy (non-hydrogen) atoms. The quantitative estimate of drug-likeness (QED) is 0.449. The number of rotatable bonds is 9. The Kier molecular flexibility index (Phi) is 8.75. The molecule has 3 aromatic carbocycles. The number of nitrogens with one attached hydrogen (secondary N) is 1. The predicted octanol–water partition coefficient (Wildman–Crippen LogP) is 5.28. The Morgan fingerprint density at radius 3 is 2.27 bits per heavy atom. The predicted molar refractivity (Wildman–Crippen MR) is 131 cm³/mol. The van der Waals surface area contributed by atoms with Crippen molar-refractivity contribution in [3.05, 3.63) is 99.5 Å². The molecule has 172 valence electrons. The van der Waals surface area contributed by atoms with Crippen molar-refractivity contribution >= 4 is 35.0 Å². The summed E-state index contributed by atoms with van der Waals surface area (Å²) in [5.41, 5.74) is 2.61. The van der Waals surface area contributed by atoms with E-state index < -0.39 is 6.04 Å². The summed E-state index contributed by atoms with van der Waals surface area (Å²) in [6.45, 7) is 2.01. The van der Waals surface area contributed by atoms with Gasteiger partial charge in [0.2, 0.25) is 11.8 Å². The average molecular weight is 485 g/mol. The van der Waals surface area contributed by atoms with Gasteiger partial charge in [0.05, 0.1) is 7.11 Å². The van der Waals surface area contributed by atoms with Crippen molar-refractivity contribution in [3.63, 3.8) is 0 Å². The van der Waals surface area contributed by atoms with E-state index >= 15 is 0 Å². The Balaban J connectivity index is 1.83. The van der Waals surface area contributed by atoms with Crippen molar-refractivity contribution in [2.24, 2.45) is 0 Å². The smallest absolute Gasteiger partial charge is 0.243 e. The van der Waals surface area contributed by atoms with E-state index in [2.05, 4.69) is 5.32 Å². The minimum Gasteiger partial charge on any atom is -0.497 e. The first kappa shape index (κ1) is 24.6. The number of nitrogens with zero attached hydrogens (tertiary/aromatic N) is 1. The third-order valence-electron chi connectivity index (χ3n) is 5.34. The first-order valence-corrected chi connectivity index (χ1v) is 11.3. The molecule has 0 radical (unpaired) electrons. The maximum absolute atomic E-state index is 13.3. The molecule has 0 spiro atoms. The van der Waals surface area contributed by atoms with Gasteiger partial charge in [-0.25, -0.2) is 0 Å².